The smallest absolute Gasteiger partial charge is 0.225 e. The number of benzene rings is 1. The van der Waals surface area contributed by atoms with Crippen LogP contribution in [0.3, 0.4) is 0 Å². The third-order valence-electron chi connectivity index (χ3n) is 4.90. The summed E-state index contributed by atoms with van der Waals surface area (Å²) >= 11 is 0. The molecule has 0 aliphatic carbocycles. The lowest BCUT2D eigenvalue weighted by atomic mass is 9.96. The van der Waals surface area contributed by atoms with Crippen LogP contribution in [-0.4, -0.2) is 53.3 Å². The predicted octanol–water partition coefficient (Wildman–Crippen LogP) is 1.43. The maximum absolute atomic E-state index is 12.6. The number of hydrogen-bond donors (Lipinski definition) is 1. The van der Waals surface area contributed by atoms with Crippen LogP contribution in [0.5, 0.6) is 0 Å². The fourth-order valence-electron chi connectivity index (χ4n) is 3.33. The number of aromatic nitrogens is 2. The lowest BCUT2D eigenvalue weighted by Crippen LogP contribution is -2.46. The standard InChI is InChI=1S/C20H26N4O3/c1-27-12-11-23-14-18(7-8-19(23)25)20(26)21-13-16-5-2-3-6-17(16)15-24-10-4-9-22-24/h2-6,9-10,18H,7-8,11-15H2,1H3,(H,21,26)/t18-/m0/s1. The number of carbonyl (C=O) groups is 2. The van der Waals surface area contributed by atoms with E-state index in [2.05, 4.69) is 16.5 Å². The van der Waals surface area contributed by atoms with Gasteiger partial charge in [-0.1, -0.05) is 24.3 Å². The third kappa shape index (κ3) is 5.17. The number of rotatable bonds is 8. The zero-order valence-electron chi connectivity index (χ0n) is 15.6. The van der Waals surface area contributed by atoms with Crippen LogP contribution < -0.4 is 5.32 Å². The monoisotopic (exact) mass is 370 g/mol. The molecule has 2 amide bonds. The summed E-state index contributed by atoms with van der Waals surface area (Å²) in [6, 6.07) is 9.93. The number of likely N-dealkylation sites (tertiary alicyclic amines) is 1. The number of piperidine rings is 1. The van der Waals surface area contributed by atoms with Gasteiger partial charge in [-0.2, -0.15) is 5.10 Å². The summed E-state index contributed by atoms with van der Waals surface area (Å²) in [6.07, 6.45) is 4.69. The Labute approximate surface area is 159 Å². The van der Waals surface area contributed by atoms with Crippen molar-refractivity contribution >= 4 is 11.8 Å². The van der Waals surface area contributed by atoms with Gasteiger partial charge in [0.2, 0.25) is 11.8 Å². The highest BCUT2D eigenvalue weighted by molar-refractivity contribution is 5.83. The Balaban J connectivity index is 1.57. The Morgan fingerprint density at radius 1 is 1.30 bits per heavy atom. The molecule has 0 radical (unpaired) electrons. The number of ether oxygens (including phenoxy) is 1. The number of methoxy groups -OCH3 is 1. The molecular formula is C20H26N4O3. The molecule has 27 heavy (non-hydrogen) atoms. The van der Waals surface area contributed by atoms with Gasteiger partial charge in [0.05, 0.1) is 19.1 Å². The minimum absolute atomic E-state index is 0.00110. The molecule has 2 aromatic rings. The maximum atomic E-state index is 12.6. The Kier molecular flexibility index (Phi) is 6.59. The zero-order chi connectivity index (χ0) is 19.1. The summed E-state index contributed by atoms with van der Waals surface area (Å²) in [6.45, 7) is 2.62. The Hall–Kier alpha value is -2.67. The normalized spacial score (nSPS) is 17.1. The summed E-state index contributed by atoms with van der Waals surface area (Å²) in [5, 5.41) is 7.29. The zero-order valence-corrected chi connectivity index (χ0v) is 15.6. The molecular weight excluding hydrogens is 344 g/mol. The first kappa shape index (κ1) is 19.1. The number of carbonyl (C=O) groups excluding carboxylic acids is 2. The predicted molar refractivity (Wildman–Crippen MR) is 101 cm³/mol. The topological polar surface area (TPSA) is 76.5 Å². The Bertz CT molecular complexity index is 760. The van der Waals surface area contributed by atoms with Crippen molar-refractivity contribution in [2.75, 3.05) is 26.8 Å². The van der Waals surface area contributed by atoms with Crippen molar-refractivity contribution in [3.63, 3.8) is 0 Å². The first-order valence-corrected chi connectivity index (χ1v) is 9.26. The molecule has 0 spiro atoms. The van der Waals surface area contributed by atoms with Gasteiger partial charge >= 0.3 is 0 Å². The van der Waals surface area contributed by atoms with Crippen molar-refractivity contribution < 1.29 is 14.3 Å². The van der Waals surface area contributed by atoms with E-state index < -0.39 is 0 Å². The molecule has 7 heteroatoms. The van der Waals surface area contributed by atoms with E-state index in [4.69, 9.17) is 4.74 Å². The quantitative estimate of drug-likeness (QED) is 0.763. The van der Waals surface area contributed by atoms with Gasteiger partial charge in [-0.3, -0.25) is 14.3 Å². The third-order valence-corrected chi connectivity index (χ3v) is 4.90. The second kappa shape index (κ2) is 9.32. The molecule has 1 saturated heterocycles. The summed E-state index contributed by atoms with van der Waals surface area (Å²) in [7, 11) is 1.61. The van der Waals surface area contributed by atoms with Crippen LogP contribution in [0.15, 0.2) is 42.7 Å². The number of hydrogen-bond acceptors (Lipinski definition) is 4. The minimum atomic E-state index is -0.169. The van der Waals surface area contributed by atoms with Crippen LogP contribution in [-0.2, 0) is 27.4 Å². The van der Waals surface area contributed by atoms with Gasteiger partial charge in [-0.15, -0.1) is 0 Å². The van der Waals surface area contributed by atoms with E-state index in [0.717, 1.165) is 11.1 Å². The molecule has 3 rings (SSSR count). The van der Waals surface area contributed by atoms with E-state index in [0.29, 0.717) is 45.6 Å². The molecule has 2 heterocycles. The molecule has 1 aromatic heterocycles. The summed E-state index contributed by atoms with van der Waals surface area (Å²) < 4.78 is 6.91. The fraction of sp³-hybridized carbons (Fsp3) is 0.450. The van der Waals surface area contributed by atoms with Crippen molar-refractivity contribution in [3.05, 3.63) is 53.9 Å². The number of nitrogens with one attached hydrogen (secondary N) is 1. The molecule has 144 valence electrons. The molecule has 1 aliphatic heterocycles. The molecule has 0 bridgehead atoms. The van der Waals surface area contributed by atoms with Crippen LogP contribution in [0.2, 0.25) is 0 Å². The van der Waals surface area contributed by atoms with Gasteiger partial charge in [0.15, 0.2) is 0 Å². The molecule has 1 fully saturated rings. The van der Waals surface area contributed by atoms with E-state index in [1.807, 2.05) is 35.1 Å². The minimum Gasteiger partial charge on any atom is -0.383 e. The van der Waals surface area contributed by atoms with Gasteiger partial charge < -0.3 is 15.0 Å². The first-order valence-electron chi connectivity index (χ1n) is 9.26. The summed E-state index contributed by atoms with van der Waals surface area (Å²) in [5.41, 5.74) is 2.20. The number of nitrogens with zero attached hydrogens (tertiary/aromatic N) is 3. The second-order valence-electron chi connectivity index (χ2n) is 6.76. The lowest BCUT2D eigenvalue weighted by molar-refractivity contribution is -0.138. The van der Waals surface area contributed by atoms with Crippen LogP contribution in [0.1, 0.15) is 24.0 Å². The number of amides is 2. The van der Waals surface area contributed by atoms with Crippen molar-refractivity contribution in [2.45, 2.75) is 25.9 Å². The first-order chi connectivity index (χ1) is 13.2. The fourth-order valence-corrected chi connectivity index (χ4v) is 3.33. The summed E-state index contributed by atoms with van der Waals surface area (Å²) in [5.74, 6) is -0.0719. The van der Waals surface area contributed by atoms with E-state index >= 15 is 0 Å². The SMILES string of the molecule is COCCN1C[C@@H](C(=O)NCc2ccccc2Cn2cccn2)CCC1=O. The second-order valence-corrected chi connectivity index (χ2v) is 6.76. The van der Waals surface area contributed by atoms with E-state index in [-0.39, 0.29) is 17.7 Å². The highest BCUT2D eigenvalue weighted by Crippen LogP contribution is 2.18. The van der Waals surface area contributed by atoms with Gasteiger partial charge in [0, 0.05) is 45.6 Å². The largest absolute Gasteiger partial charge is 0.383 e. The lowest BCUT2D eigenvalue weighted by Gasteiger charge is -2.31. The van der Waals surface area contributed by atoms with Crippen molar-refractivity contribution in [3.8, 4) is 0 Å². The van der Waals surface area contributed by atoms with Gasteiger partial charge in [-0.25, -0.2) is 0 Å². The molecule has 0 unspecified atom stereocenters. The molecule has 1 atom stereocenters. The summed E-state index contributed by atoms with van der Waals surface area (Å²) in [4.78, 5) is 26.3. The highest BCUT2D eigenvalue weighted by Gasteiger charge is 2.29. The molecule has 1 N–H and O–H groups in total. The van der Waals surface area contributed by atoms with Gasteiger partial charge in [-0.05, 0) is 23.6 Å². The van der Waals surface area contributed by atoms with Crippen molar-refractivity contribution in [1.82, 2.24) is 20.0 Å². The van der Waals surface area contributed by atoms with Crippen LogP contribution in [0, 0.1) is 5.92 Å². The molecule has 1 aliphatic rings. The molecule has 0 saturated carbocycles. The maximum Gasteiger partial charge on any atom is 0.225 e. The molecule has 1 aromatic carbocycles. The van der Waals surface area contributed by atoms with E-state index in [9.17, 15) is 9.59 Å². The van der Waals surface area contributed by atoms with Crippen molar-refractivity contribution in [2.24, 2.45) is 5.92 Å². The van der Waals surface area contributed by atoms with Gasteiger partial charge in [0.25, 0.3) is 0 Å². The van der Waals surface area contributed by atoms with E-state index in [1.165, 1.54) is 0 Å². The van der Waals surface area contributed by atoms with Crippen LogP contribution >= 0.6 is 0 Å². The van der Waals surface area contributed by atoms with Crippen molar-refractivity contribution in [1.29, 1.82) is 0 Å². The average Bonchev–Trinajstić information content (AvgIpc) is 3.19. The van der Waals surface area contributed by atoms with E-state index in [1.54, 1.807) is 18.2 Å². The Morgan fingerprint density at radius 2 is 2.11 bits per heavy atom. The van der Waals surface area contributed by atoms with Crippen LogP contribution in [0.4, 0.5) is 0 Å². The molecule has 7 nitrogen and oxygen atoms in total. The van der Waals surface area contributed by atoms with Gasteiger partial charge in [0.1, 0.15) is 0 Å². The highest BCUT2D eigenvalue weighted by atomic mass is 16.5. The van der Waals surface area contributed by atoms with Crippen LogP contribution in [0.25, 0.3) is 0 Å². The average molecular weight is 370 g/mol. The Morgan fingerprint density at radius 3 is 2.85 bits per heavy atom.